The molecule has 1 saturated carbocycles. The first kappa shape index (κ1) is 28.0. The topological polar surface area (TPSA) is 105 Å². The zero-order valence-electron chi connectivity index (χ0n) is 23.7. The number of ether oxygens (including phenoxy) is 2. The summed E-state index contributed by atoms with van der Waals surface area (Å²) < 4.78 is 11.8. The summed E-state index contributed by atoms with van der Waals surface area (Å²) in [6.45, 7) is 2.43. The molecule has 8 heteroatoms. The summed E-state index contributed by atoms with van der Waals surface area (Å²) in [5.41, 5.74) is 4.09. The van der Waals surface area contributed by atoms with Gasteiger partial charge in [-0.3, -0.25) is 4.79 Å². The molecule has 218 valence electrons. The molecule has 42 heavy (non-hydrogen) atoms. The van der Waals surface area contributed by atoms with Crippen molar-refractivity contribution in [2.75, 3.05) is 13.2 Å². The molecule has 2 bridgehead atoms. The molecule has 0 aromatic heterocycles. The Morgan fingerprint density at radius 2 is 1.52 bits per heavy atom. The molecule has 0 unspecified atom stereocenters. The second kappa shape index (κ2) is 11.6. The van der Waals surface area contributed by atoms with Crippen LogP contribution in [0.4, 0.5) is 4.79 Å². The minimum absolute atomic E-state index is 0.102. The third-order valence-corrected chi connectivity index (χ3v) is 9.26. The van der Waals surface area contributed by atoms with Crippen molar-refractivity contribution in [2.45, 2.75) is 62.8 Å². The van der Waals surface area contributed by atoms with Crippen molar-refractivity contribution in [1.82, 2.24) is 10.2 Å². The predicted octanol–water partition coefficient (Wildman–Crippen LogP) is 5.35. The van der Waals surface area contributed by atoms with Crippen LogP contribution in [0.1, 0.15) is 55.2 Å². The van der Waals surface area contributed by atoms with Gasteiger partial charge < -0.3 is 24.8 Å². The normalized spacial score (nSPS) is 22.1. The predicted molar refractivity (Wildman–Crippen MR) is 157 cm³/mol. The third-order valence-electron chi connectivity index (χ3n) is 9.26. The largest absolute Gasteiger partial charge is 0.479 e. The van der Waals surface area contributed by atoms with Gasteiger partial charge in [-0.05, 0) is 66.3 Å². The van der Waals surface area contributed by atoms with E-state index in [1.165, 1.54) is 4.90 Å². The van der Waals surface area contributed by atoms with E-state index in [1.807, 2.05) is 66.7 Å². The second-order valence-corrected chi connectivity index (χ2v) is 11.7. The average Bonchev–Trinajstić information content (AvgIpc) is 3.35. The molecule has 3 fully saturated rings. The molecule has 2 aliphatic heterocycles. The first-order valence-electron chi connectivity index (χ1n) is 14.7. The first-order valence-corrected chi connectivity index (χ1v) is 14.7. The van der Waals surface area contributed by atoms with Gasteiger partial charge in [0, 0.05) is 12.5 Å². The maximum Gasteiger partial charge on any atom is 0.407 e. The van der Waals surface area contributed by atoms with E-state index in [9.17, 15) is 19.5 Å². The number of fused-ring (bicyclic) bond motifs is 6. The van der Waals surface area contributed by atoms with E-state index in [-0.39, 0.29) is 25.0 Å². The van der Waals surface area contributed by atoms with Gasteiger partial charge in [0.1, 0.15) is 18.2 Å². The molecule has 2 aliphatic carbocycles. The summed E-state index contributed by atoms with van der Waals surface area (Å²) in [6.07, 6.45) is 0.911. The number of alkyl carbamates (subject to hydrolysis) is 1. The molecule has 7 rings (SSSR count). The summed E-state index contributed by atoms with van der Waals surface area (Å²) in [5.74, 6) is -1.31. The van der Waals surface area contributed by atoms with Crippen LogP contribution in [-0.2, 0) is 25.7 Å². The van der Waals surface area contributed by atoms with Gasteiger partial charge in [0.25, 0.3) is 0 Å². The highest BCUT2D eigenvalue weighted by Gasteiger charge is 2.55. The SMILES string of the molecule is C[C@H](OCc1ccccc1)[C@@H](NC(=O)OCC1c2ccccc2-c2ccccc21)C(=O)N1CC2CCC1(C(=O)O)CC2. The smallest absolute Gasteiger partial charge is 0.407 e. The first-order chi connectivity index (χ1) is 20.4. The number of carboxylic acid groups (broad SMARTS) is 1. The Kier molecular flexibility index (Phi) is 7.73. The van der Waals surface area contributed by atoms with Crippen molar-refractivity contribution < 1.29 is 29.0 Å². The van der Waals surface area contributed by atoms with Crippen LogP contribution >= 0.6 is 0 Å². The van der Waals surface area contributed by atoms with Gasteiger partial charge in [0.2, 0.25) is 5.91 Å². The van der Waals surface area contributed by atoms with E-state index < -0.39 is 35.7 Å². The molecule has 2 heterocycles. The van der Waals surface area contributed by atoms with E-state index in [2.05, 4.69) is 17.4 Å². The number of rotatable bonds is 9. The highest BCUT2D eigenvalue weighted by atomic mass is 16.5. The molecule has 2 amide bonds. The lowest BCUT2D eigenvalue weighted by molar-refractivity contribution is -0.173. The van der Waals surface area contributed by atoms with E-state index in [0.717, 1.165) is 40.7 Å². The zero-order chi connectivity index (χ0) is 29.3. The monoisotopic (exact) mass is 568 g/mol. The summed E-state index contributed by atoms with van der Waals surface area (Å²) in [7, 11) is 0. The fourth-order valence-corrected chi connectivity index (χ4v) is 6.88. The minimum Gasteiger partial charge on any atom is -0.479 e. The Bertz CT molecular complexity index is 1420. The number of benzene rings is 3. The van der Waals surface area contributed by atoms with E-state index in [4.69, 9.17) is 9.47 Å². The van der Waals surface area contributed by atoms with Gasteiger partial charge in [0.15, 0.2) is 0 Å². The number of amides is 2. The van der Waals surface area contributed by atoms with Crippen molar-refractivity contribution in [1.29, 1.82) is 0 Å². The number of hydrogen-bond acceptors (Lipinski definition) is 5. The summed E-state index contributed by atoms with van der Waals surface area (Å²) >= 11 is 0. The van der Waals surface area contributed by atoms with Crippen LogP contribution in [0, 0.1) is 5.92 Å². The molecule has 0 radical (unpaired) electrons. The number of nitrogens with zero attached hydrogens (tertiary/aromatic N) is 1. The minimum atomic E-state index is -1.26. The molecular weight excluding hydrogens is 532 g/mol. The van der Waals surface area contributed by atoms with Gasteiger partial charge >= 0.3 is 12.1 Å². The third kappa shape index (κ3) is 5.15. The Labute approximate surface area is 245 Å². The number of carbonyl (C=O) groups excluding carboxylic acids is 2. The van der Waals surface area contributed by atoms with Gasteiger partial charge in [-0.15, -0.1) is 0 Å². The van der Waals surface area contributed by atoms with Crippen molar-refractivity contribution in [3.8, 4) is 11.1 Å². The fourth-order valence-electron chi connectivity index (χ4n) is 6.88. The van der Waals surface area contributed by atoms with Crippen molar-refractivity contribution in [2.24, 2.45) is 5.92 Å². The molecule has 2 N–H and O–H groups in total. The summed E-state index contributed by atoms with van der Waals surface area (Å²) in [6, 6.07) is 24.6. The second-order valence-electron chi connectivity index (χ2n) is 11.7. The lowest BCUT2D eigenvalue weighted by atomic mass is 9.70. The molecule has 2 atom stereocenters. The lowest BCUT2D eigenvalue weighted by Crippen LogP contribution is -2.68. The van der Waals surface area contributed by atoms with E-state index in [0.29, 0.717) is 19.4 Å². The van der Waals surface area contributed by atoms with E-state index >= 15 is 0 Å². The Morgan fingerprint density at radius 1 is 0.929 bits per heavy atom. The van der Waals surface area contributed by atoms with Crippen LogP contribution in [0.25, 0.3) is 11.1 Å². The fraction of sp³-hybridized carbons (Fsp3) is 0.382. The molecule has 4 aliphatic rings. The van der Waals surface area contributed by atoms with Gasteiger partial charge in [-0.25, -0.2) is 9.59 Å². The number of nitrogens with one attached hydrogen (secondary N) is 1. The van der Waals surface area contributed by atoms with Gasteiger partial charge in [-0.2, -0.15) is 0 Å². The maximum atomic E-state index is 14.1. The number of aliphatic carboxylic acids is 1. The van der Waals surface area contributed by atoms with Crippen molar-refractivity contribution >= 4 is 18.0 Å². The molecule has 2 saturated heterocycles. The van der Waals surface area contributed by atoms with Crippen LogP contribution in [0.15, 0.2) is 78.9 Å². The highest BCUT2D eigenvalue weighted by Crippen LogP contribution is 2.45. The van der Waals surface area contributed by atoms with Gasteiger partial charge in [-0.1, -0.05) is 78.9 Å². The molecule has 3 aromatic rings. The molecular formula is C34H36N2O6. The Balaban J connectivity index is 1.20. The van der Waals surface area contributed by atoms with Gasteiger partial charge in [0.05, 0.1) is 12.7 Å². The van der Waals surface area contributed by atoms with Crippen LogP contribution in [0.3, 0.4) is 0 Å². The molecule has 3 aromatic carbocycles. The molecule has 0 spiro atoms. The maximum absolute atomic E-state index is 14.1. The number of hydrogen-bond donors (Lipinski definition) is 2. The van der Waals surface area contributed by atoms with Crippen LogP contribution in [0.5, 0.6) is 0 Å². The van der Waals surface area contributed by atoms with Crippen LogP contribution in [-0.4, -0.2) is 58.8 Å². The summed E-state index contributed by atoms with van der Waals surface area (Å²) in [5, 5.41) is 13.0. The highest BCUT2D eigenvalue weighted by molar-refractivity contribution is 5.92. The lowest BCUT2D eigenvalue weighted by Gasteiger charge is -2.52. The standard InChI is InChI=1S/C34H36N2O6/c1-22(41-20-24-9-3-2-4-10-24)30(31(37)36-19-23-15-17-34(36,18-16-23)32(38)39)35-33(40)42-21-29-27-13-7-5-11-25(27)26-12-6-8-14-28(26)29/h2-14,22-23,29-30H,15-21H2,1H3,(H,35,40)(H,38,39)/t22-,23?,30+,34?/m0/s1. The average molecular weight is 569 g/mol. The quantitative estimate of drug-likeness (QED) is 0.360. The van der Waals surface area contributed by atoms with E-state index in [1.54, 1.807) is 6.92 Å². The van der Waals surface area contributed by atoms with Crippen LogP contribution in [0.2, 0.25) is 0 Å². The summed E-state index contributed by atoms with van der Waals surface area (Å²) in [4.78, 5) is 41.3. The van der Waals surface area contributed by atoms with Crippen molar-refractivity contribution in [3.63, 3.8) is 0 Å². The number of piperidine rings is 2. The number of carboxylic acids is 1. The molecule has 8 nitrogen and oxygen atoms in total. The Morgan fingerprint density at radius 3 is 2.14 bits per heavy atom. The Hall–Kier alpha value is -4.17. The zero-order valence-corrected chi connectivity index (χ0v) is 23.7. The van der Waals surface area contributed by atoms with Crippen LogP contribution < -0.4 is 5.32 Å². The number of carbonyl (C=O) groups is 3. The van der Waals surface area contributed by atoms with Crippen molar-refractivity contribution in [3.05, 3.63) is 95.6 Å².